The lowest BCUT2D eigenvalue weighted by atomic mass is 10.1. The van der Waals surface area contributed by atoms with Crippen LogP contribution in [0.2, 0.25) is 0 Å². The maximum Gasteiger partial charge on any atom is 0.309 e. The topological polar surface area (TPSA) is 78.9 Å². The number of rotatable bonds is 55. The van der Waals surface area contributed by atoms with E-state index in [1.807, 2.05) is 6.08 Å². The van der Waals surface area contributed by atoms with Crippen LogP contribution in [-0.2, 0) is 28.6 Å². The zero-order chi connectivity index (χ0) is 58.5. The Kier molecular flexibility index (Phi) is 62.0. The number of allylic oxidation sites excluding steroid dienone is 31. The molecule has 450 valence electrons. The normalized spacial score (nSPS) is 13.5. The first-order chi connectivity index (χ1) is 40.0. The number of hydrogen-bond donors (Lipinski definition) is 0. The number of unbranched alkanes of at least 4 members (excludes halogenated alkanes) is 13. The number of esters is 3. The Labute approximate surface area is 497 Å². The predicted octanol–water partition coefficient (Wildman–Crippen LogP) is 22.2. The molecule has 0 saturated carbocycles. The van der Waals surface area contributed by atoms with Gasteiger partial charge in [-0.05, 0) is 141 Å². The van der Waals surface area contributed by atoms with Gasteiger partial charge in [0.15, 0.2) is 6.10 Å². The summed E-state index contributed by atoms with van der Waals surface area (Å²) in [6, 6.07) is 0. The van der Waals surface area contributed by atoms with Gasteiger partial charge in [0.05, 0.1) is 6.42 Å². The van der Waals surface area contributed by atoms with Crippen LogP contribution in [0.5, 0.6) is 0 Å². The zero-order valence-electron chi connectivity index (χ0n) is 51.5. The molecule has 0 N–H and O–H groups in total. The molecule has 6 nitrogen and oxygen atoms in total. The second-order valence-electron chi connectivity index (χ2n) is 20.2. The highest BCUT2D eigenvalue weighted by Gasteiger charge is 2.19. The molecule has 1 unspecified atom stereocenters. The van der Waals surface area contributed by atoms with Crippen molar-refractivity contribution in [3.05, 3.63) is 194 Å². The predicted molar refractivity (Wildman–Crippen MR) is 352 cm³/mol. The molecule has 0 aromatic rings. The molecule has 0 saturated heterocycles. The van der Waals surface area contributed by atoms with E-state index in [2.05, 4.69) is 203 Å². The molecule has 0 radical (unpaired) electrons. The van der Waals surface area contributed by atoms with Crippen LogP contribution in [0.4, 0.5) is 0 Å². The Balaban J connectivity index is 4.44. The highest BCUT2D eigenvalue weighted by atomic mass is 16.6. The number of carbonyl (C=O) groups is 3. The SMILES string of the molecule is CC/C=C\C/C=C\C/C=C\C/C=C\C/C=C\C/C=C\C/C=C\CCCCCCCCCCCC(=O)OCC(COC(=O)C/C=C\C/C=C\C/C=C\C/C=C\C/C=C\CC)OC(=O)CCCCCC/C=C\C/C=C\C/C=C\C/C=C\CC. The van der Waals surface area contributed by atoms with E-state index in [0.29, 0.717) is 12.8 Å². The van der Waals surface area contributed by atoms with Crippen molar-refractivity contribution >= 4 is 17.9 Å². The van der Waals surface area contributed by atoms with Gasteiger partial charge in [0.25, 0.3) is 0 Å². The summed E-state index contributed by atoms with van der Waals surface area (Å²) in [5.74, 6) is -1.10. The molecule has 1 atom stereocenters. The molecule has 0 aliphatic rings. The summed E-state index contributed by atoms with van der Waals surface area (Å²) in [6.45, 7) is 6.17. The lowest BCUT2D eigenvalue weighted by Crippen LogP contribution is -2.30. The van der Waals surface area contributed by atoms with Crippen molar-refractivity contribution < 1.29 is 28.6 Å². The number of ether oxygens (including phenoxy) is 3. The third kappa shape index (κ3) is 64.9. The van der Waals surface area contributed by atoms with E-state index >= 15 is 0 Å². The van der Waals surface area contributed by atoms with Gasteiger partial charge in [-0.15, -0.1) is 0 Å². The van der Waals surface area contributed by atoms with Crippen LogP contribution >= 0.6 is 0 Å². The van der Waals surface area contributed by atoms with E-state index in [9.17, 15) is 14.4 Å². The summed E-state index contributed by atoms with van der Waals surface area (Å²) in [6.07, 6.45) is 102. The van der Waals surface area contributed by atoms with Crippen LogP contribution in [0.25, 0.3) is 0 Å². The lowest BCUT2D eigenvalue weighted by Gasteiger charge is -2.18. The highest BCUT2D eigenvalue weighted by Crippen LogP contribution is 2.14. The van der Waals surface area contributed by atoms with Gasteiger partial charge in [-0.3, -0.25) is 14.4 Å². The minimum absolute atomic E-state index is 0.110. The van der Waals surface area contributed by atoms with Gasteiger partial charge in [0.1, 0.15) is 13.2 Å². The van der Waals surface area contributed by atoms with Gasteiger partial charge < -0.3 is 14.2 Å². The summed E-state index contributed by atoms with van der Waals surface area (Å²) in [5.41, 5.74) is 0. The Morgan fingerprint density at radius 2 is 0.494 bits per heavy atom. The first-order valence-electron chi connectivity index (χ1n) is 31.9. The van der Waals surface area contributed by atoms with Crippen molar-refractivity contribution in [2.45, 2.75) is 245 Å². The average molecular weight is 1110 g/mol. The third-order valence-electron chi connectivity index (χ3n) is 12.6. The molecular formula is C75H114O6. The van der Waals surface area contributed by atoms with Gasteiger partial charge in [0.2, 0.25) is 0 Å². The number of hydrogen-bond acceptors (Lipinski definition) is 6. The Hall–Kier alpha value is -5.75. The smallest absolute Gasteiger partial charge is 0.309 e. The first-order valence-corrected chi connectivity index (χ1v) is 31.9. The largest absolute Gasteiger partial charge is 0.462 e. The Morgan fingerprint density at radius 1 is 0.259 bits per heavy atom. The monoisotopic (exact) mass is 1110 g/mol. The van der Waals surface area contributed by atoms with Crippen molar-refractivity contribution in [1.82, 2.24) is 0 Å². The van der Waals surface area contributed by atoms with E-state index in [1.165, 1.54) is 38.5 Å². The Bertz CT molecular complexity index is 1950. The summed E-state index contributed by atoms with van der Waals surface area (Å²) >= 11 is 0. The lowest BCUT2D eigenvalue weighted by molar-refractivity contribution is -0.166. The van der Waals surface area contributed by atoms with Gasteiger partial charge in [-0.25, -0.2) is 0 Å². The van der Waals surface area contributed by atoms with E-state index < -0.39 is 12.1 Å². The molecule has 0 aromatic carbocycles. The maximum atomic E-state index is 12.9. The molecule has 0 heterocycles. The van der Waals surface area contributed by atoms with E-state index in [1.54, 1.807) is 6.08 Å². The van der Waals surface area contributed by atoms with Gasteiger partial charge in [-0.2, -0.15) is 0 Å². The first kappa shape index (κ1) is 75.2. The highest BCUT2D eigenvalue weighted by molar-refractivity contribution is 5.72. The van der Waals surface area contributed by atoms with Crippen LogP contribution in [0.1, 0.15) is 239 Å². The Morgan fingerprint density at radius 3 is 0.802 bits per heavy atom. The maximum absolute atomic E-state index is 12.9. The molecule has 0 rings (SSSR count). The average Bonchev–Trinajstić information content (AvgIpc) is 3.47. The van der Waals surface area contributed by atoms with E-state index in [0.717, 1.165) is 154 Å². The fraction of sp³-hybridized carbons (Fsp3) is 0.533. The van der Waals surface area contributed by atoms with Gasteiger partial charge in [-0.1, -0.05) is 273 Å². The summed E-state index contributed by atoms with van der Waals surface area (Å²) in [5, 5.41) is 0. The van der Waals surface area contributed by atoms with Crippen molar-refractivity contribution in [1.29, 1.82) is 0 Å². The third-order valence-corrected chi connectivity index (χ3v) is 12.6. The van der Waals surface area contributed by atoms with Crippen molar-refractivity contribution in [3.8, 4) is 0 Å². The quantitative estimate of drug-likeness (QED) is 0.0261. The van der Waals surface area contributed by atoms with Crippen LogP contribution in [0.3, 0.4) is 0 Å². The van der Waals surface area contributed by atoms with Gasteiger partial charge >= 0.3 is 17.9 Å². The minimum atomic E-state index is -0.846. The molecule has 0 spiro atoms. The molecule has 6 heteroatoms. The van der Waals surface area contributed by atoms with E-state index in [4.69, 9.17) is 14.2 Å². The molecule has 81 heavy (non-hydrogen) atoms. The van der Waals surface area contributed by atoms with E-state index in [-0.39, 0.29) is 38.0 Å². The van der Waals surface area contributed by atoms with Crippen LogP contribution in [0.15, 0.2) is 194 Å². The molecule has 0 aromatic heterocycles. The summed E-state index contributed by atoms with van der Waals surface area (Å²) in [7, 11) is 0. The minimum Gasteiger partial charge on any atom is -0.462 e. The zero-order valence-corrected chi connectivity index (χ0v) is 51.5. The summed E-state index contributed by atoms with van der Waals surface area (Å²) < 4.78 is 16.8. The van der Waals surface area contributed by atoms with Crippen molar-refractivity contribution in [3.63, 3.8) is 0 Å². The van der Waals surface area contributed by atoms with Crippen molar-refractivity contribution in [2.24, 2.45) is 0 Å². The molecule has 0 bridgehead atoms. The summed E-state index contributed by atoms with van der Waals surface area (Å²) in [4.78, 5) is 38.2. The van der Waals surface area contributed by atoms with Crippen LogP contribution in [0, 0.1) is 0 Å². The molecule has 0 fully saturated rings. The second-order valence-corrected chi connectivity index (χ2v) is 20.2. The molecular weight excluding hydrogens is 997 g/mol. The number of carbonyl (C=O) groups excluding carboxylic acids is 3. The van der Waals surface area contributed by atoms with Crippen LogP contribution in [-0.4, -0.2) is 37.2 Å². The van der Waals surface area contributed by atoms with Crippen molar-refractivity contribution in [2.75, 3.05) is 13.2 Å². The standard InChI is InChI=1S/C75H114O6/c1-4-7-10-13-16-19-22-25-28-30-31-32-33-34-35-36-37-38-39-40-41-42-43-45-47-50-53-56-59-62-65-68-74(77)80-71-72(70-79-73(76)67-64-61-58-55-52-49-46-27-24-21-18-15-12-9-6-3)81-75(78)69-66-63-60-57-54-51-48-44-29-26-23-20-17-14-11-8-5-2/h7-12,16-21,25-29,31-32,34-35,37-38,40-41,46,48,51-52,55,61,64,72H,4-6,13-15,22-24,30,33,36,39,42-45,47,49-50,53-54,56-60,62-63,65-71H2,1-3H3/b10-7-,11-8-,12-9-,19-16-,20-17-,21-18-,28-25-,29-26-,32-31-,35-34-,38-37-,41-40-,46-27-,51-48-,55-52-,64-61-. The van der Waals surface area contributed by atoms with Gasteiger partial charge in [0, 0.05) is 12.8 Å². The fourth-order valence-corrected chi connectivity index (χ4v) is 7.96. The molecule has 0 aliphatic carbocycles. The second kappa shape index (κ2) is 66.8. The van der Waals surface area contributed by atoms with Crippen LogP contribution < -0.4 is 0 Å². The molecule has 0 aliphatic heterocycles. The fourth-order valence-electron chi connectivity index (χ4n) is 7.96. The molecule has 0 amide bonds.